The van der Waals surface area contributed by atoms with Crippen LogP contribution >= 0.6 is 0 Å². The van der Waals surface area contributed by atoms with Crippen molar-refractivity contribution in [1.29, 1.82) is 0 Å². The number of nitrogens with two attached hydrogens (primary N) is 1. The standard InChI is InChI=1S/C13H14N2O2/c1-13(17-10-6-3-2-4-7-10)11(12(14)16)8-5-9-15-13/h2-9,15H,1H3,(H2,14,16). The van der Waals surface area contributed by atoms with Crippen molar-refractivity contribution in [2.45, 2.75) is 12.6 Å². The summed E-state index contributed by atoms with van der Waals surface area (Å²) in [6.45, 7) is 1.76. The van der Waals surface area contributed by atoms with Gasteiger partial charge < -0.3 is 15.8 Å². The summed E-state index contributed by atoms with van der Waals surface area (Å²) in [5.74, 6) is 0.172. The predicted octanol–water partition coefficient (Wildman–Crippen LogP) is 1.31. The number of carbonyl (C=O) groups excluding carboxylic acids is 1. The molecule has 0 saturated carbocycles. The Morgan fingerprint density at radius 2 is 2.06 bits per heavy atom. The first-order valence-electron chi connectivity index (χ1n) is 5.31. The van der Waals surface area contributed by atoms with Crippen LogP contribution < -0.4 is 15.8 Å². The van der Waals surface area contributed by atoms with Crippen molar-refractivity contribution in [1.82, 2.24) is 5.32 Å². The van der Waals surface area contributed by atoms with Gasteiger partial charge in [-0.15, -0.1) is 0 Å². The molecule has 1 aliphatic rings. The van der Waals surface area contributed by atoms with E-state index in [0.717, 1.165) is 0 Å². The summed E-state index contributed by atoms with van der Waals surface area (Å²) < 4.78 is 5.79. The highest BCUT2D eigenvalue weighted by Gasteiger charge is 2.34. The van der Waals surface area contributed by atoms with Gasteiger partial charge in [0.15, 0.2) is 0 Å². The van der Waals surface area contributed by atoms with E-state index in [4.69, 9.17) is 10.5 Å². The summed E-state index contributed by atoms with van der Waals surface area (Å²) in [7, 11) is 0. The van der Waals surface area contributed by atoms with Crippen LogP contribution in [-0.4, -0.2) is 11.6 Å². The molecule has 88 valence electrons. The van der Waals surface area contributed by atoms with Crippen LogP contribution in [0.15, 0.2) is 54.3 Å². The fourth-order valence-corrected chi connectivity index (χ4v) is 1.71. The summed E-state index contributed by atoms with van der Waals surface area (Å²) in [6.07, 6.45) is 5.09. The van der Waals surface area contributed by atoms with Gasteiger partial charge in [0.05, 0.1) is 5.57 Å². The van der Waals surface area contributed by atoms with E-state index < -0.39 is 11.6 Å². The zero-order valence-electron chi connectivity index (χ0n) is 9.51. The van der Waals surface area contributed by atoms with E-state index in [0.29, 0.717) is 11.3 Å². The molecule has 0 radical (unpaired) electrons. The molecular weight excluding hydrogens is 216 g/mol. The molecule has 0 spiro atoms. The maximum Gasteiger partial charge on any atom is 0.250 e. The molecule has 2 rings (SSSR count). The number of para-hydroxylation sites is 1. The van der Waals surface area contributed by atoms with Gasteiger partial charge in [-0.2, -0.15) is 0 Å². The molecule has 0 bridgehead atoms. The number of benzene rings is 1. The average Bonchev–Trinajstić information content (AvgIpc) is 2.30. The zero-order valence-corrected chi connectivity index (χ0v) is 9.51. The molecule has 4 heteroatoms. The Balaban J connectivity index is 2.27. The molecule has 1 aliphatic heterocycles. The molecule has 0 saturated heterocycles. The minimum absolute atomic E-state index is 0.392. The quantitative estimate of drug-likeness (QED) is 0.822. The van der Waals surface area contributed by atoms with Crippen molar-refractivity contribution >= 4 is 5.91 Å². The fraction of sp³-hybridized carbons (Fsp3) is 0.154. The second-order valence-corrected chi connectivity index (χ2v) is 3.90. The second-order valence-electron chi connectivity index (χ2n) is 3.90. The first-order valence-corrected chi connectivity index (χ1v) is 5.31. The van der Waals surface area contributed by atoms with Crippen molar-refractivity contribution in [2.75, 3.05) is 0 Å². The van der Waals surface area contributed by atoms with Gasteiger partial charge >= 0.3 is 0 Å². The molecule has 1 aromatic rings. The average molecular weight is 230 g/mol. The predicted molar refractivity (Wildman–Crippen MR) is 65.0 cm³/mol. The second kappa shape index (κ2) is 4.33. The van der Waals surface area contributed by atoms with Crippen molar-refractivity contribution in [3.05, 3.63) is 54.3 Å². The molecule has 1 heterocycles. The molecule has 4 nitrogen and oxygen atoms in total. The van der Waals surface area contributed by atoms with Crippen molar-refractivity contribution < 1.29 is 9.53 Å². The molecule has 1 atom stereocenters. The number of nitrogens with one attached hydrogen (secondary N) is 1. The first kappa shape index (κ1) is 11.3. The number of carbonyl (C=O) groups is 1. The van der Waals surface area contributed by atoms with Crippen molar-refractivity contribution in [2.24, 2.45) is 5.73 Å². The third-order valence-electron chi connectivity index (χ3n) is 2.56. The van der Waals surface area contributed by atoms with E-state index in [1.165, 1.54) is 0 Å². The lowest BCUT2D eigenvalue weighted by Gasteiger charge is -2.33. The van der Waals surface area contributed by atoms with Crippen molar-refractivity contribution in [3.63, 3.8) is 0 Å². The molecule has 0 aliphatic carbocycles. The number of hydrogen-bond acceptors (Lipinski definition) is 3. The lowest BCUT2D eigenvalue weighted by Crippen LogP contribution is -2.51. The Labute approximate surface area is 99.8 Å². The normalized spacial score (nSPS) is 22.5. The van der Waals surface area contributed by atoms with E-state index in [1.807, 2.05) is 30.3 Å². The summed E-state index contributed by atoms with van der Waals surface area (Å²) in [5.41, 5.74) is 4.80. The van der Waals surface area contributed by atoms with Crippen LogP contribution in [0.4, 0.5) is 0 Å². The molecule has 1 amide bonds. The van der Waals surface area contributed by atoms with E-state index in [9.17, 15) is 4.79 Å². The largest absolute Gasteiger partial charge is 0.464 e. The Morgan fingerprint density at radius 3 is 2.71 bits per heavy atom. The third-order valence-corrected chi connectivity index (χ3v) is 2.56. The van der Waals surface area contributed by atoms with E-state index >= 15 is 0 Å². The molecule has 1 aromatic carbocycles. The van der Waals surface area contributed by atoms with Gasteiger partial charge in [0.25, 0.3) is 5.91 Å². The van der Waals surface area contributed by atoms with E-state index in [1.54, 1.807) is 25.3 Å². The van der Waals surface area contributed by atoms with Gasteiger partial charge in [-0.3, -0.25) is 4.79 Å². The zero-order chi connectivity index (χ0) is 12.3. The Bertz CT molecular complexity index is 479. The van der Waals surface area contributed by atoms with Gasteiger partial charge in [-0.1, -0.05) is 18.2 Å². The number of primary amides is 1. The van der Waals surface area contributed by atoms with Crippen LogP contribution in [0.5, 0.6) is 5.75 Å². The fourth-order valence-electron chi connectivity index (χ4n) is 1.71. The highest BCUT2D eigenvalue weighted by atomic mass is 16.5. The molecule has 0 fully saturated rings. The minimum Gasteiger partial charge on any atom is -0.464 e. The number of amides is 1. The van der Waals surface area contributed by atoms with E-state index in [-0.39, 0.29) is 0 Å². The molecule has 0 aromatic heterocycles. The van der Waals surface area contributed by atoms with Gasteiger partial charge in [-0.05, 0) is 31.2 Å². The van der Waals surface area contributed by atoms with Crippen LogP contribution in [0, 0.1) is 0 Å². The Kier molecular flexibility index (Phi) is 2.87. The lowest BCUT2D eigenvalue weighted by molar-refractivity contribution is -0.116. The number of allylic oxidation sites excluding steroid dienone is 2. The monoisotopic (exact) mass is 230 g/mol. The SMILES string of the molecule is CC1(Oc2ccccc2)NC=CC=C1C(N)=O. The lowest BCUT2D eigenvalue weighted by atomic mass is 10.0. The highest BCUT2D eigenvalue weighted by Crippen LogP contribution is 2.24. The van der Waals surface area contributed by atoms with Crippen LogP contribution in [0.3, 0.4) is 0 Å². The van der Waals surface area contributed by atoms with Gasteiger partial charge in [0.2, 0.25) is 5.72 Å². The van der Waals surface area contributed by atoms with Crippen molar-refractivity contribution in [3.8, 4) is 5.75 Å². The van der Waals surface area contributed by atoms with Gasteiger partial charge in [-0.25, -0.2) is 0 Å². The summed E-state index contributed by atoms with van der Waals surface area (Å²) in [6, 6.07) is 9.28. The molecule has 1 unspecified atom stereocenters. The Morgan fingerprint density at radius 1 is 1.35 bits per heavy atom. The van der Waals surface area contributed by atoms with Crippen LogP contribution in [0.25, 0.3) is 0 Å². The first-order chi connectivity index (χ1) is 8.12. The maximum atomic E-state index is 11.4. The van der Waals surface area contributed by atoms with Crippen LogP contribution in [-0.2, 0) is 4.79 Å². The minimum atomic E-state index is -0.929. The molecule has 3 N–H and O–H groups in total. The maximum absolute atomic E-state index is 11.4. The summed E-state index contributed by atoms with van der Waals surface area (Å²) in [4.78, 5) is 11.4. The third kappa shape index (κ3) is 2.30. The smallest absolute Gasteiger partial charge is 0.250 e. The van der Waals surface area contributed by atoms with Gasteiger partial charge in [0.1, 0.15) is 5.75 Å². The number of dihydropyridines is 1. The number of ether oxygens (including phenoxy) is 1. The van der Waals surface area contributed by atoms with Gasteiger partial charge in [0, 0.05) is 6.20 Å². The van der Waals surface area contributed by atoms with Crippen LogP contribution in [0.1, 0.15) is 6.92 Å². The molecule has 17 heavy (non-hydrogen) atoms. The Hall–Kier alpha value is -2.23. The topological polar surface area (TPSA) is 64.3 Å². The van der Waals surface area contributed by atoms with Crippen LogP contribution in [0.2, 0.25) is 0 Å². The highest BCUT2D eigenvalue weighted by molar-refractivity contribution is 5.94. The number of rotatable bonds is 3. The number of hydrogen-bond donors (Lipinski definition) is 2. The summed E-state index contributed by atoms with van der Waals surface area (Å²) >= 11 is 0. The summed E-state index contributed by atoms with van der Waals surface area (Å²) in [5, 5.41) is 3.00. The van der Waals surface area contributed by atoms with E-state index in [2.05, 4.69) is 5.32 Å². The molecular formula is C13H14N2O2.